The summed E-state index contributed by atoms with van der Waals surface area (Å²) in [6, 6.07) is 6.20. The van der Waals surface area contributed by atoms with E-state index in [4.69, 9.17) is 15.8 Å². The lowest BCUT2D eigenvalue weighted by Gasteiger charge is -2.31. The molecule has 42 heavy (non-hydrogen) atoms. The van der Waals surface area contributed by atoms with Gasteiger partial charge in [-0.15, -0.1) is 0 Å². The van der Waals surface area contributed by atoms with E-state index in [2.05, 4.69) is 32.4 Å². The molecule has 0 fully saturated rings. The summed E-state index contributed by atoms with van der Waals surface area (Å²) in [7, 11) is -14.8. The number of unbranched alkanes of at least 4 members (excludes halogenated alkanes) is 15. The van der Waals surface area contributed by atoms with Crippen LogP contribution in [-0.2, 0) is 30.1 Å². The van der Waals surface area contributed by atoms with Gasteiger partial charge >= 0.3 is 3.41 Å². The summed E-state index contributed by atoms with van der Waals surface area (Å²) in [6.45, 7) is 0.896. The van der Waals surface area contributed by atoms with Crippen molar-refractivity contribution in [2.75, 3.05) is 19.6 Å². The van der Waals surface area contributed by atoms with Gasteiger partial charge in [-0.2, -0.15) is 15.8 Å². The molecule has 12 nitrogen and oxygen atoms in total. The van der Waals surface area contributed by atoms with E-state index < -0.39 is 39.9 Å². The number of rotatable bonds is 28. The van der Waals surface area contributed by atoms with E-state index in [9.17, 15) is 25.3 Å². The first kappa shape index (κ1) is 40.2. The van der Waals surface area contributed by atoms with Crippen LogP contribution >= 0.6 is 0 Å². The van der Waals surface area contributed by atoms with Crippen LogP contribution in [0.5, 0.6) is 0 Å². The molecule has 0 spiro atoms. The Hall–Kier alpha value is -1.80. The predicted octanol–water partition coefficient (Wildman–Crippen LogP) is 4.40. The third kappa shape index (κ3) is 14.1. The second kappa shape index (κ2) is 22.7. The first-order chi connectivity index (χ1) is 20.0. The average molecular weight is 651 g/mol. The summed E-state index contributed by atoms with van der Waals surface area (Å²) in [5.41, 5.74) is 0. The lowest BCUT2D eigenvalue weighted by molar-refractivity contribution is 0.519. The highest BCUT2D eigenvalue weighted by atomic mass is 32.3. The van der Waals surface area contributed by atoms with Crippen molar-refractivity contribution < 1.29 is 25.3 Å². The second-order valence-corrected chi connectivity index (χ2v) is 17.0. The Kier molecular flexibility index (Phi) is 21.7. The summed E-state index contributed by atoms with van der Waals surface area (Å²) >= 11 is 0. The third-order valence-corrected chi connectivity index (χ3v) is 16.0. The summed E-state index contributed by atoms with van der Waals surface area (Å²) < 4.78 is 85.1. The van der Waals surface area contributed by atoms with Crippen LogP contribution in [0.15, 0.2) is 0 Å². The van der Waals surface area contributed by atoms with E-state index >= 15 is 0 Å². The predicted molar refractivity (Wildman–Crippen MR) is 164 cm³/mol. The first-order valence-corrected chi connectivity index (χ1v) is 19.5. The maximum atomic E-state index is 13.6. The van der Waals surface area contributed by atoms with Crippen molar-refractivity contribution >= 4 is 30.1 Å². The van der Waals surface area contributed by atoms with Gasteiger partial charge in [0.1, 0.15) is 0 Å². The Morgan fingerprint density at radius 3 is 0.929 bits per heavy atom. The lowest BCUT2D eigenvalue weighted by Crippen LogP contribution is -2.63. The van der Waals surface area contributed by atoms with Gasteiger partial charge in [-0.3, -0.25) is 0 Å². The van der Waals surface area contributed by atoms with Crippen molar-refractivity contribution in [1.29, 1.82) is 15.8 Å². The minimum Gasteiger partial charge on any atom is -0.213 e. The van der Waals surface area contributed by atoms with Gasteiger partial charge in [0.15, 0.2) is 0 Å². The molecule has 0 amide bonds. The van der Waals surface area contributed by atoms with Crippen molar-refractivity contribution in [1.82, 2.24) is 14.2 Å². The Morgan fingerprint density at radius 2 is 0.690 bits per heavy atom. The average Bonchev–Trinajstić information content (AvgIpc) is 2.93. The van der Waals surface area contributed by atoms with Gasteiger partial charge in [-0.1, -0.05) is 64.7 Å². The molecular weight excluding hydrogens is 601 g/mol. The van der Waals surface area contributed by atoms with Crippen LogP contribution in [0.3, 0.4) is 0 Å². The summed E-state index contributed by atoms with van der Waals surface area (Å²) in [6.07, 6.45) is 10.7. The molecule has 3 N–H and O–H groups in total. The molecule has 0 aromatic carbocycles. The molecule has 0 rings (SSSR count). The molecule has 0 aliphatic rings. The molecule has 0 aliphatic heterocycles. The number of nitriles is 3. The third-order valence-electron chi connectivity index (χ3n) is 6.93. The van der Waals surface area contributed by atoms with Crippen molar-refractivity contribution in [3.8, 4) is 18.2 Å². The Labute approximate surface area is 254 Å². The molecule has 0 aliphatic carbocycles. The first-order valence-electron chi connectivity index (χ1n) is 15.1. The monoisotopic (exact) mass is 650 g/mol. The van der Waals surface area contributed by atoms with Gasteiger partial charge in [0.2, 0.25) is 30.1 Å². The SMILES string of the molecule is CCC(S(=O)(=O)NCCCCCCCC#N)(S(=O)(=O)NCCCCCCCC#N)S(=O)(=O)NCCCCCCCC#N. The van der Waals surface area contributed by atoms with Gasteiger partial charge in [0, 0.05) is 38.9 Å². The Bertz CT molecular complexity index is 1040. The molecule has 0 heterocycles. The lowest BCUT2D eigenvalue weighted by atomic mass is 10.1. The molecule has 0 saturated carbocycles. The van der Waals surface area contributed by atoms with Crippen LogP contribution in [0.4, 0.5) is 0 Å². The molecular formula is C27H50N6O6S3. The highest BCUT2D eigenvalue weighted by Gasteiger charge is 2.64. The van der Waals surface area contributed by atoms with E-state index in [0.29, 0.717) is 57.8 Å². The van der Waals surface area contributed by atoms with Crippen LogP contribution in [0, 0.1) is 34.0 Å². The summed E-state index contributed by atoms with van der Waals surface area (Å²) in [5, 5.41) is 25.8. The molecule has 0 unspecified atom stereocenters. The van der Waals surface area contributed by atoms with Gasteiger partial charge in [0.05, 0.1) is 18.2 Å². The van der Waals surface area contributed by atoms with Gasteiger partial charge in [-0.05, 0) is 44.9 Å². The number of nitrogens with zero attached hydrogens (tertiary/aromatic N) is 3. The van der Waals surface area contributed by atoms with Crippen LogP contribution in [-0.4, -0.2) is 48.3 Å². The maximum absolute atomic E-state index is 13.6. The molecule has 0 radical (unpaired) electrons. The van der Waals surface area contributed by atoms with Crippen molar-refractivity contribution in [3.05, 3.63) is 0 Å². The van der Waals surface area contributed by atoms with Crippen molar-refractivity contribution in [3.63, 3.8) is 0 Å². The van der Waals surface area contributed by atoms with E-state index in [1.54, 1.807) is 0 Å². The zero-order valence-corrected chi connectivity index (χ0v) is 27.5. The fraction of sp³-hybridized carbons (Fsp3) is 0.889. The molecule has 0 bridgehead atoms. The van der Waals surface area contributed by atoms with E-state index in [1.165, 1.54) is 6.92 Å². The largest absolute Gasteiger partial charge is 0.312 e. The molecule has 0 saturated heterocycles. The fourth-order valence-corrected chi connectivity index (χ4v) is 12.1. The number of hydrogen-bond acceptors (Lipinski definition) is 9. The van der Waals surface area contributed by atoms with Crippen LogP contribution in [0.2, 0.25) is 0 Å². The smallest absolute Gasteiger partial charge is 0.213 e. The molecule has 0 aromatic rings. The topological polar surface area (TPSA) is 210 Å². The number of hydrogen-bond donors (Lipinski definition) is 3. The molecule has 15 heteroatoms. The normalized spacial score (nSPS) is 12.4. The fourth-order valence-electron chi connectivity index (χ4n) is 4.53. The van der Waals surface area contributed by atoms with E-state index in [-0.39, 0.29) is 19.6 Å². The Morgan fingerprint density at radius 1 is 0.452 bits per heavy atom. The minimum absolute atomic E-state index is 0.112. The molecule has 0 aromatic heterocycles. The molecule has 0 atom stereocenters. The van der Waals surface area contributed by atoms with Crippen LogP contribution in [0.1, 0.15) is 129 Å². The summed E-state index contributed by atoms with van der Waals surface area (Å²) in [4.78, 5) is 0. The zero-order chi connectivity index (χ0) is 31.8. The van der Waals surface area contributed by atoms with Crippen molar-refractivity contribution in [2.24, 2.45) is 0 Å². The van der Waals surface area contributed by atoms with Gasteiger partial charge in [0.25, 0.3) is 0 Å². The Balaban J connectivity index is 5.58. The standard InChI is InChI=1S/C27H50N6O6S3/c1-2-27(40(34,35)31-24-18-12-6-3-9-15-21-28,41(36,37)32-25-19-13-7-4-10-16-22-29)42(38,39)33-26-20-14-8-5-11-17-23-30/h31-33H,2-20,24-26H2,1H3. The highest BCUT2D eigenvalue weighted by molar-refractivity contribution is 8.24. The van der Waals surface area contributed by atoms with E-state index in [0.717, 1.165) is 57.8 Å². The van der Waals surface area contributed by atoms with Gasteiger partial charge in [-0.25, -0.2) is 39.4 Å². The quantitative estimate of drug-likeness (QED) is 0.102. The molecule has 242 valence electrons. The minimum atomic E-state index is -4.92. The van der Waals surface area contributed by atoms with Crippen LogP contribution in [0.25, 0.3) is 0 Å². The van der Waals surface area contributed by atoms with Crippen LogP contribution < -0.4 is 14.2 Å². The number of sulfonamides is 3. The van der Waals surface area contributed by atoms with Gasteiger partial charge < -0.3 is 0 Å². The second-order valence-electron chi connectivity index (χ2n) is 10.3. The maximum Gasteiger partial charge on any atom is 0.312 e. The van der Waals surface area contributed by atoms with E-state index in [1.807, 2.05) is 0 Å². The van der Waals surface area contributed by atoms with Crippen molar-refractivity contribution in [2.45, 2.75) is 132 Å². The number of nitrogens with one attached hydrogen (secondary N) is 3. The highest BCUT2D eigenvalue weighted by Crippen LogP contribution is 2.33. The zero-order valence-electron chi connectivity index (χ0n) is 25.1. The summed E-state index contributed by atoms with van der Waals surface area (Å²) in [5.74, 6) is 0.